The Morgan fingerprint density at radius 3 is 2.55 bits per heavy atom. The van der Waals surface area contributed by atoms with E-state index in [0.717, 1.165) is 21.9 Å². The molecule has 0 atom stereocenters. The van der Waals surface area contributed by atoms with Crippen LogP contribution in [0.25, 0.3) is 10.8 Å². The Kier molecular flexibility index (Phi) is 5.52. The number of rotatable bonds is 6. The third-order valence-electron chi connectivity index (χ3n) is 4.79. The molecule has 0 fully saturated rings. The van der Waals surface area contributed by atoms with E-state index in [1.165, 1.54) is 0 Å². The van der Waals surface area contributed by atoms with Gasteiger partial charge in [0.1, 0.15) is 11.6 Å². The van der Waals surface area contributed by atoms with Crippen molar-refractivity contribution < 1.29 is 9.53 Å². The Morgan fingerprint density at radius 2 is 1.72 bits per heavy atom. The van der Waals surface area contributed by atoms with E-state index in [-0.39, 0.29) is 12.5 Å². The molecule has 4 rings (SSSR count). The zero-order chi connectivity index (χ0) is 20.1. The van der Waals surface area contributed by atoms with Crippen LogP contribution in [0.15, 0.2) is 91.1 Å². The molecule has 0 aliphatic rings. The second-order valence-corrected chi connectivity index (χ2v) is 6.91. The minimum Gasteiger partial charge on any atom is -0.484 e. The molecule has 0 aliphatic heterocycles. The summed E-state index contributed by atoms with van der Waals surface area (Å²) >= 11 is 0. The van der Waals surface area contributed by atoms with E-state index in [2.05, 4.69) is 23.2 Å². The number of pyridine rings is 1. The SMILES string of the molecule is Cc1cccc(OCC(=O)N(Cc2cccc3ccccc23)c2ccccn2)c1. The lowest BCUT2D eigenvalue weighted by atomic mass is 10.0. The smallest absolute Gasteiger partial charge is 0.266 e. The van der Waals surface area contributed by atoms with Crippen molar-refractivity contribution in [2.75, 3.05) is 11.5 Å². The standard InChI is InChI=1S/C25H22N2O2/c1-19-8-6-12-22(16-19)29-18-25(28)27(24-14-4-5-15-26-24)17-21-11-7-10-20-9-2-3-13-23(20)21/h2-16H,17-18H2,1H3. The average Bonchev–Trinajstić information content (AvgIpc) is 2.76. The summed E-state index contributed by atoms with van der Waals surface area (Å²) < 4.78 is 5.76. The highest BCUT2D eigenvalue weighted by atomic mass is 16.5. The van der Waals surface area contributed by atoms with Gasteiger partial charge in [-0.05, 0) is 53.1 Å². The first-order valence-electron chi connectivity index (χ1n) is 9.58. The average molecular weight is 382 g/mol. The van der Waals surface area contributed by atoms with Crippen molar-refractivity contribution in [3.8, 4) is 5.75 Å². The molecule has 3 aromatic carbocycles. The predicted octanol–water partition coefficient (Wildman–Crippen LogP) is 5.16. The number of aryl methyl sites for hydroxylation is 1. The lowest BCUT2D eigenvalue weighted by molar-refractivity contribution is -0.120. The molecular weight excluding hydrogens is 360 g/mol. The van der Waals surface area contributed by atoms with E-state index in [4.69, 9.17) is 4.74 Å². The molecule has 0 bridgehead atoms. The summed E-state index contributed by atoms with van der Waals surface area (Å²) in [6.45, 7) is 2.37. The summed E-state index contributed by atoms with van der Waals surface area (Å²) in [6, 6.07) is 27.6. The molecule has 0 N–H and O–H groups in total. The van der Waals surface area contributed by atoms with Gasteiger partial charge in [0.25, 0.3) is 5.91 Å². The van der Waals surface area contributed by atoms with Gasteiger partial charge in [-0.25, -0.2) is 4.98 Å². The highest BCUT2D eigenvalue weighted by Gasteiger charge is 2.19. The fraction of sp³-hybridized carbons (Fsp3) is 0.120. The molecule has 4 nitrogen and oxygen atoms in total. The molecule has 1 heterocycles. The Morgan fingerprint density at radius 1 is 0.931 bits per heavy atom. The van der Waals surface area contributed by atoms with Gasteiger partial charge in [0.05, 0.1) is 6.54 Å². The number of carbonyl (C=O) groups excluding carboxylic acids is 1. The zero-order valence-corrected chi connectivity index (χ0v) is 16.3. The summed E-state index contributed by atoms with van der Waals surface area (Å²) in [6.07, 6.45) is 1.69. The molecule has 144 valence electrons. The van der Waals surface area contributed by atoms with Crippen molar-refractivity contribution in [1.82, 2.24) is 4.98 Å². The van der Waals surface area contributed by atoms with E-state index in [1.807, 2.05) is 73.7 Å². The number of anilines is 1. The summed E-state index contributed by atoms with van der Waals surface area (Å²) in [7, 11) is 0. The minimum absolute atomic E-state index is 0.0508. The van der Waals surface area contributed by atoms with E-state index in [1.54, 1.807) is 11.1 Å². The molecule has 0 aliphatic carbocycles. The highest BCUT2D eigenvalue weighted by Crippen LogP contribution is 2.22. The topological polar surface area (TPSA) is 42.4 Å². The quantitative estimate of drug-likeness (QED) is 0.463. The van der Waals surface area contributed by atoms with Crippen molar-refractivity contribution in [1.29, 1.82) is 0 Å². The number of fused-ring (bicyclic) bond motifs is 1. The zero-order valence-electron chi connectivity index (χ0n) is 16.3. The Hall–Kier alpha value is -3.66. The maximum absolute atomic E-state index is 13.1. The maximum Gasteiger partial charge on any atom is 0.266 e. The van der Waals surface area contributed by atoms with Gasteiger partial charge in [-0.15, -0.1) is 0 Å². The van der Waals surface area contributed by atoms with E-state index >= 15 is 0 Å². The fourth-order valence-corrected chi connectivity index (χ4v) is 3.34. The summed E-state index contributed by atoms with van der Waals surface area (Å²) in [4.78, 5) is 19.2. The predicted molar refractivity (Wildman–Crippen MR) is 116 cm³/mol. The summed E-state index contributed by atoms with van der Waals surface area (Å²) in [5, 5.41) is 2.28. The normalized spacial score (nSPS) is 10.7. The number of ether oxygens (including phenoxy) is 1. The molecule has 1 aromatic heterocycles. The lowest BCUT2D eigenvalue weighted by Gasteiger charge is -2.23. The monoisotopic (exact) mass is 382 g/mol. The van der Waals surface area contributed by atoms with Crippen LogP contribution in [0.2, 0.25) is 0 Å². The van der Waals surface area contributed by atoms with Crippen LogP contribution in [0.5, 0.6) is 5.75 Å². The van der Waals surface area contributed by atoms with Crippen LogP contribution in [0.4, 0.5) is 5.82 Å². The fourth-order valence-electron chi connectivity index (χ4n) is 3.34. The number of nitrogens with zero attached hydrogens (tertiary/aromatic N) is 2. The van der Waals surface area contributed by atoms with E-state index < -0.39 is 0 Å². The second-order valence-electron chi connectivity index (χ2n) is 6.91. The van der Waals surface area contributed by atoms with Crippen LogP contribution < -0.4 is 9.64 Å². The van der Waals surface area contributed by atoms with Gasteiger partial charge in [0.2, 0.25) is 0 Å². The van der Waals surface area contributed by atoms with Crippen LogP contribution in [-0.2, 0) is 11.3 Å². The molecule has 0 radical (unpaired) electrons. The van der Waals surface area contributed by atoms with Crippen molar-refractivity contribution >= 4 is 22.5 Å². The summed E-state index contributed by atoms with van der Waals surface area (Å²) in [5.74, 6) is 1.15. The number of hydrogen-bond acceptors (Lipinski definition) is 3. The van der Waals surface area contributed by atoms with Crippen LogP contribution in [0.1, 0.15) is 11.1 Å². The molecule has 1 amide bonds. The maximum atomic E-state index is 13.1. The van der Waals surface area contributed by atoms with Crippen molar-refractivity contribution in [3.63, 3.8) is 0 Å². The van der Waals surface area contributed by atoms with Gasteiger partial charge >= 0.3 is 0 Å². The first-order chi connectivity index (χ1) is 14.2. The largest absolute Gasteiger partial charge is 0.484 e. The van der Waals surface area contributed by atoms with Crippen LogP contribution in [-0.4, -0.2) is 17.5 Å². The van der Waals surface area contributed by atoms with Crippen LogP contribution in [0, 0.1) is 6.92 Å². The third-order valence-corrected chi connectivity index (χ3v) is 4.79. The molecule has 0 saturated heterocycles. The first-order valence-corrected chi connectivity index (χ1v) is 9.58. The highest BCUT2D eigenvalue weighted by molar-refractivity contribution is 5.94. The molecule has 4 heteroatoms. The van der Waals surface area contributed by atoms with E-state index in [9.17, 15) is 4.79 Å². The van der Waals surface area contributed by atoms with E-state index in [0.29, 0.717) is 18.1 Å². The van der Waals surface area contributed by atoms with Crippen LogP contribution >= 0.6 is 0 Å². The van der Waals surface area contributed by atoms with Crippen molar-refractivity contribution in [3.05, 3.63) is 102 Å². The van der Waals surface area contributed by atoms with Crippen molar-refractivity contribution in [2.45, 2.75) is 13.5 Å². The Labute approximate surface area is 170 Å². The third kappa shape index (κ3) is 4.43. The molecular formula is C25H22N2O2. The number of hydrogen-bond donors (Lipinski definition) is 0. The molecule has 29 heavy (non-hydrogen) atoms. The van der Waals surface area contributed by atoms with Crippen LogP contribution in [0.3, 0.4) is 0 Å². The number of amides is 1. The van der Waals surface area contributed by atoms with Gasteiger partial charge in [0.15, 0.2) is 6.61 Å². The van der Waals surface area contributed by atoms with Gasteiger partial charge in [-0.1, -0.05) is 60.7 Å². The molecule has 0 unspecified atom stereocenters. The number of carbonyl (C=O) groups is 1. The Balaban J connectivity index is 1.60. The first kappa shape index (κ1) is 18.7. The molecule has 4 aromatic rings. The Bertz CT molecular complexity index is 1120. The van der Waals surface area contributed by atoms with Gasteiger partial charge < -0.3 is 4.74 Å². The van der Waals surface area contributed by atoms with Gasteiger partial charge in [-0.3, -0.25) is 9.69 Å². The van der Waals surface area contributed by atoms with Gasteiger partial charge in [0, 0.05) is 6.20 Å². The number of aromatic nitrogens is 1. The lowest BCUT2D eigenvalue weighted by Crippen LogP contribution is -2.35. The van der Waals surface area contributed by atoms with Gasteiger partial charge in [-0.2, -0.15) is 0 Å². The molecule has 0 saturated carbocycles. The molecule has 0 spiro atoms. The van der Waals surface area contributed by atoms with Crippen molar-refractivity contribution in [2.24, 2.45) is 0 Å². The minimum atomic E-state index is -0.141. The number of benzene rings is 3. The summed E-state index contributed by atoms with van der Waals surface area (Å²) in [5.41, 5.74) is 2.16. The second kappa shape index (κ2) is 8.57.